The van der Waals surface area contributed by atoms with E-state index in [9.17, 15) is 4.79 Å². The number of halogens is 1. The van der Waals surface area contributed by atoms with Crippen molar-refractivity contribution in [3.8, 4) is 0 Å². The fourth-order valence-corrected chi connectivity index (χ4v) is 3.71. The van der Waals surface area contributed by atoms with Gasteiger partial charge in [0, 0.05) is 43.8 Å². The summed E-state index contributed by atoms with van der Waals surface area (Å²) in [5.74, 6) is 0.288. The lowest BCUT2D eigenvalue weighted by molar-refractivity contribution is -0.126. The maximum Gasteiger partial charge on any atom is 0.223 e. The highest BCUT2D eigenvalue weighted by molar-refractivity contribution is 6.30. The molecule has 1 N–H and O–H groups in total. The maximum atomic E-state index is 12.5. The summed E-state index contributed by atoms with van der Waals surface area (Å²) in [5, 5.41) is 3.88. The van der Waals surface area contributed by atoms with Crippen LogP contribution in [0.3, 0.4) is 0 Å². The van der Waals surface area contributed by atoms with Crippen molar-refractivity contribution >= 4 is 23.2 Å². The fourth-order valence-electron chi connectivity index (χ4n) is 3.49. The van der Waals surface area contributed by atoms with Gasteiger partial charge < -0.3 is 10.2 Å². The molecule has 1 aliphatic rings. The molecule has 0 bridgehead atoms. The van der Waals surface area contributed by atoms with Crippen LogP contribution in [0, 0.1) is 5.92 Å². The molecular formula is C22H28ClN3O. The van der Waals surface area contributed by atoms with Crippen molar-refractivity contribution in [2.75, 3.05) is 32.1 Å². The zero-order chi connectivity index (χ0) is 19.2. The second-order valence-corrected chi connectivity index (χ2v) is 7.90. The summed E-state index contributed by atoms with van der Waals surface area (Å²) in [6.45, 7) is 3.38. The number of likely N-dealkylation sites (tertiary alicyclic amines) is 1. The number of hydrogen-bond acceptors (Lipinski definition) is 3. The number of rotatable bonds is 6. The SMILES string of the molecule is CN(C)c1ccc(CNC(=O)C2CCN(Cc3cccc(Cl)c3)CC2)cc1. The summed E-state index contributed by atoms with van der Waals surface area (Å²) in [6.07, 6.45) is 1.82. The Bertz CT molecular complexity index is 752. The average molecular weight is 386 g/mol. The van der Waals surface area contributed by atoms with Gasteiger partial charge in [0.15, 0.2) is 0 Å². The van der Waals surface area contributed by atoms with Crippen molar-refractivity contribution in [2.45, 2.75) is 25.9 Å². The molecule has 2 aromatic carbocycles. The summed E-state index contributed by atoms with van der Waals surface area (Å²) < 4.78 is 0. The molecule has 5 heteroatoms. The van der Waals surface area contributed by atoms with Crippen molar-refractivity contribution in [3.63, 3.8) is 0 Å². The summed E-state index contributed by atoms with van der Waals surface area (Å²) in [4.78, 5) is 17.0. The topological polar surface area (TPSA) is 35.6 Å². The summed E-state index contributed by atoms with van der Waals surface area (Å²) in [5.41, 5.74) is 3.52. The molecule has 0 unspecified atom stereocenters. The summed E-state index contributed by atoms with van der Waals surface area (Å²) >= 11 is 6.06. The zero-order valence-electron chi connectivity index (χ0n) is 16.1. The first-order chi connectivity index (χ1) is 13.0. The Hall–Kier alpha value is -2.04. The number of carbonyl (C=O) groups is 1. The van der Waals surface area contributed by atoms with Gasteiger partial charge in [0.05, 0.1) is 0 Å². The van der Waals surface area contributed by atoms with Gasteiger partial charge in [0.1, 0.15) is 0 Å². The van der Waals surface area contributed by atoms with E-state index in [1.807, 2.05) is 32.3 Å². The van der Waals surface area contributed by atoms with Crippen LogP contribution in [0.25, 0.3) is 0 Å². The van der Waals surface area contributed by atoms with Crippen LogP contribution in [0.4, 0.5) is 5.69 Å². The Kier molecular flexibility index (Phi) is 6.75. The molecule has 4 nitrogen and oxygen atoms in total. The van der Waals surface area contributed by atoms with Gasteiger partial charge in [-0.25, -0.2) is 0 Å². The monoisotopic (exact) mass is 385 g/mol. The Morgan fingerprint density at radius 2 is 1.81 bits per heavy atom. The minimum absolute atomic E-state index is 0.113. The number of anilines is 1. The second-order valence-electron chi connectivity index (χ2n) is 7.46. The molecule has 0 aliphatic carbocycles. The van der Waals surface area contributed by atoms with E-state index >= 15 is 0 Å². The first-order valence-corrected chi connectivity index (χ1v) is 9.90. The third-order valence-electron chi connectivity index (χ3n) is 5.17. The molecule has 2 aromatic rings. The smallest absolute Gasteiger partial charge is 0.223 e. The highest BCUT2D eigenvalue weighted by Gasteiger charge is 2.24. The summed E-state index contributed by atoms with van der Waals surface area (Å²) in [6, 6.07) is 16.3. The molecule has 3 rings (SSSR count). The van der Waals surface area contributed by atoms with Gasteiger partial charge in [-0.3, -0.25) is 9.69 Å². The van der Waals surface area contributed by atoms with E-state index in [-0.39, 0.29) is 11.8 Å². The predicted octanol–water partition coefficient (Wildman–Crippen LogP) is 3.93. The molecule has 27 heavy (non-hydrogen) atoms. The van der Waals surface area contributed by atoms with E-state index in [1.165, 1.54) is 5.56 Å². The normalized spacial score (nSPS) is 15.5. The molecule has 1 amide bonds. The maximum absolute atomic E-state index is 12.5. The van der Waals surface area contributed by atoms with Crippen molar-refractivity contribution < 1.29 is 4.79 Å². The third kappa shape index (κ3) is 5.72. The zero-order valence-corrected chi connectivity index (χ0v) is 16.9. The Morgan fingerprint density at radius 1 is 1.11 bits per heavy atom. The highest BCUT2D eigenvalue weighted by atomic mass is 35.5. The van der Waals surface area contributed by atoms with E-state index in [1.54, 1.807) is 0 Å². The molecule has 144 valence electrons. The summed E-state index contributed by atoms with van der Waals surface area (Å²) in [7, 11) is 4.05. The van der Waals surface area contributed by atoms with Crippen LogP contribution < -0.4 is 10.2 Å². The van der Waals surface area contributed by atoms with Crippen LogP contribution in [0.1, 0.15) is 24.0 Å². The molecule has 0 radical (unpaired) electrons. The van der Waals surface area contributed by atoms with E-state index in [0.717, 1.165) is 48.7 Å². The molecule has 1 fully saturated rings. The second kappa shape index (κ2) is 9.25. The van der Waals surface area contributed by atoms with Crippen LogP contribution in [-0.2, 0) is 17.9 Å². The van der Waals surface area contributed by atoms with Crippen LogP contribution >= 0.6 is 11.6 Å². The number of nitrogens with zero attached hydrogens (tertiary/aromatic N) is 2. The van der Waals surface area contributed by atoms with E-state index < -0.39 is 0 Å². The first kappa shape index (κ1) is 19.7. The fraction of sp³-hybridized carbons (Fsp3) is 0.409. The quantitative estimate of drug-likeness (QED) is 0.818. The van der Waals surface area contributed by atoms with Crippen LogP contribution in [0.2, 0.25) is 5.02 Å². The van der Waals surface area contributed by atoms with Gasteiger partial charge in [-0.2, -0.15) is 0 Å². The number of piperidine rings is 1. The molecule has 1 saturated heterocycles. The van der Waals surface area contributed by atoms with Gasteiger partial charge in [-0.05, 0) is 61.3 Å². The van der Waals surface area contributed by atoms with Gasteiger partial charge in [0.2, 0.25) is 5.91 Å². The lowest BCUT2D eigenvalue weighted by Crippen LogP contribution is -2.40. The number of carbonyl (C=O) groups excluding carboxylic acids is 1. The van der Waals surface area contributed by atoms with Gasteiger partial charge >= 0.3 is 0 Å². The Morgan fingerprint density at radius 3 is 2.44 bits per heavy atom. The first-order valence-electron chi connectivity index (χ1n) is 9.52. The van der Waals surface area contributed by atoms with Crippen molar-refractivity contribution in [1.82, 2.24) is 10.2 Å². The molecule has 0 aromatic heterocycles. The number of nitrogens with one attached hydrogen (secondary N) is 1. The molecular weight excluding hydrogens is 358 g/mol. The van der Waals surface area contributed by atoms with Gasteiger partial charge in [-0.15, -0.1) is 0 Å². The molecule has 0 saturated carbocycles. The number of hydrogen-bond donors (Lipinski definition) is 1. The average Bonchev–Trinajstić information content (AvgIpc) is 2.67. The Balaban J connectivity index is 1.43. The minimum Gasteiger partial charge on any atom is -0.378 e. The van der Waals surface area contributed by atoms with Crippen molar-refractivity contribution in [1.29, 1.82) is 0 Å². The molecule has 0 spiro atoms. The largest absolute Gasteiger partial charge is 0.378 e. The molecule has 1 heterocycles. The minimum atomic E-state index is 0.113. The van der Waals surface area contributed by atoms with Crippen LogP contribution in [0.5, 0.6) is 0 Å². The standard InChI is InChI=1S/C22H28ClN3O/c1-25(2)21-8-6-17(7-9-21)15-24-22(27)19-10-12-26(13-11-19)16-18-4-3-5-20(23)14-18/h3-9,14,19H,10-13,15-16H2,1-2H3,(H,24,27). The molecule has 1 aliphatic heterocycles. The van der Waals surface area contributed by atoms with Crippen LogP contribution in [0.15, 0.2) is 48.5 Å². The predicted molar refractivity (Wildman–Crippen MR) is 112 cm³/mol. The third-order valence-corrected chi connectivity index (χ3v) is 5.41. The lowest BCUT2D eigenvalue weighted by Gasteiger charge is -2.31. The van der Waals surface area contributed by atoms with E-state index in [0.29, 0.717) is 6.54 Å². The van der Waals surface area contributed by atoms with Gasteiger partial charge in [-0.1, -0.05) is 35.9 Å². The molecule has 0 atom stereocenters. The number of amides is 1. The van der Waals surface area contributed by atoms with E-state index in [4.69, 9.17) is 11.6 Å². The van der Waals surface area contributed by atoms with Crippen LogP contribution in [-0.4, -0.2) is 38.0 Å². The Labute approximate surface area is 167 Å². The lowest BCUT2D eigenvalue weighted by atomic mass is 9.95. The van der Waals surface area contributed by atoms with Crippen molar-refractivity contribution in [2.24, 2.45) is 5.92 Å². The highest BCUT2D eigenvalue weighted by Crippen LogP contribution is 2.21. The van der Waals surface area contributed by atoms with Crippen molar-refractivity contribution in [3.05, 3.63) is 64.7 Å². The number of benzene rings is 2. The van der Waals surface area contributed by atoms with Gasteiger partial charge in [0.25, 0.3) is 0 Å². The van der Waals surface area contributed by atoms with E-state index in [2.05, 4.69) is 45.4 Å².